The molecule has 0 aromatic carbocycles. The number of aromatic nitrogens is 6. The monoisotopic (exact) mass is 491 g/mol. The summed E-state index contributed by atoms with van der Waals surface area (Å²) in [6, 6.07) is 5.78. The average Bonchev–Trinajstić information content (AvgIpc) is 3.61. The lowest BCUT2D eigenvalue weighted by Crippen LogP contribution is -2.29. The number of carboxylic acid groups (broad SMARTS) is 1. The van der Waals surface area contributed by atoms with Crippen LogP contribution in [0.25, 0.3) is 11.4 Å². The first-order valence-electron chi connectivity index (χ1n) is 12.7. The molecule has 3 aromatic rings. The topological polar surface area (TPSA) is 128 Å². The van der Waals surface area contributed by atoms with Gasteiger partial charge in [0, 0.05) is 18.7 Å². The fourth-order valence-corrected chi connectivity index (χ4v) is 5.08. The van der Waals surface area contributed by atoms with Gasteiger partial charge in [-0.2, -0.15) is 0 Å². The van der Waals surface area contributed by atoms with Crippen molar-refractivity contribution >= 4 is 11.9 Å². The van der Waals surface area contributed by atoms with E-state index in [2.05, 4.69) is 27.5 Å². The Balaban J connectivity index is 1.29. The summed E-state index contributed by atoms with van der Waals surface area (Å²) in [5, 5.41) is 21.3. The second-order valence-corrected chi connectivity index (χ2v) is 9.98. The number of pyridine rings is 1. The predicted octanol–water partition coefficient (Wildman–Crippen LogP) is 4.05. The number of ether oxygens (including phenoxy) is 1. The summed E-state index contributed by atoms with van der Waals surface area (Å²) in [6.45, 7) is 4.56. The highest BCUT2D eigenvalue weighted by atomic mass is 16.5. The molecule has 5 rings (SSSR count). The largest absolute Gasteiger partial charge is 0.489 e. The number of anilines is 1. The Labute approximate surface area is 210 Å². The van der Waals surface area contributed by atoms with Crippen LogP contribution >= 0.6 is 0 Å². The summed E-state index contributed by atoms with van der Waals surface area (Å²) in [4.78, 5) is 25.3. The molecule has 0 radical (unpaired) electrons. The van der Waals surface area contributed by atoms with Crippen LogP contribution in [0.3, 0.4) is 0 Å². The van der Waals surface area contributed by atoms with Crippen LogP contribution in [0.15, 0.2) is 24.4 Å². The van der Waals surface area contributed by atoms with Gasteiger partial charge in [-0.1, -0.05) is 12.1 Å². The lowest BCUT2D eigenvalue weighted by molar-refractivity contribution is -0.143. The van der Waals surface area contributed by atoms with Gasteiger partial charge in [0.15, 0.2) is 0 Å². The van der Waals surface area contributed by atoms with Crippen LogP contribution in [0.4, 0.5) is 5.95 Å². The Morgan fingerprint density at radius 1 is 1.25 bits per heavy atom. The molecule has 3 heterocycles. The molecule has 0 saturated heterocycles. The van der Waals surface area contributed by atoms with Gasteiger partial charge in [-0.3, -0.25) is 4.79 Å². The minimum absolute atomic E-state index is 0.110. The molecule has 0 unspecified atom stereocenters. The third kappa shape index (κ3) is 4.89. The standard InChI is InChI=1S/C26H33N7O3/c1-4-26(11-12-26)22-10-13-27-25(30-22)28-15-20-23(31-32-33(20)3)19-8-9-21(16(2)29-19)36-18-7-5-6-17(14-18)24(34)35/h8-10,13,17-18H,4-7,11-12,14-15H2,1-3H3,(H,34,35)(H,27,28,30)/t17-,18-/m0/s1. The SMILES string of the molecule is CCC1(c2ccnc(NCc3c(-c4ccc(O[C@H]5CCC[C@H](C(=O)O)C5)c(C)n4)nnn3C)n2)CC1. The number of nitrogens with zero attached hydrogens (tertiary/aromatic N) is 6. The molecule has 2 saturated carbocycles. The van der Waals surface area contributed by atoms with Crippen molar-refractivity contribution in [3.8, 4) is 17.1 Å². The van der Waals surface area contributed by atoms with E-state index in [1.807, 2.05) is 38.4 Å². The molecule has 3 aromatic heterocycles. The summed E-state index contributed by atoms with van der Waals surface area (Å²) >= 11 is 0. The van der Waals surface area contributed by atoms with Crippen molar-refractivity contribution in [2.24, 2.45) is 13.0 Å². The van der Waals surface area contributed by atoms with Crippen LogP contribution in [0.1, 0.15) is 69.0 Å². The van der Waals surface area contributed by atoms with Gasteiger partial charge in [-0.15, -0.1) is 5.10 Å². The quantitative estimate of drug-likeness (QED) is 0.455. The first kappa shape index (κ1) is 24.1. The zero-order valence-corrected chi connectivity index (χ0v) is 21.1. The van der Waals surface area contributed by atoms with E-state index in [0.717, 1.165) is 36.3 Å². The molecule has 0 bridgehead atoms. The minimum Gasteiger partial charge on any atom is -0.489 e. The van der Waals surface area contributed by atoms with Crippen molar-refractivity contribution < 1.29 is 14.6 Å². The van der Waals surface area contributed by atoms with Crippen LogP contribution in [0.2, 0.25) is 0 Å². The maximum Gasteiger partial charge on any atom is 0.306 e. The molecule has 10 nitrogen and oxygen atoms in total. The summed E-state index contributed by atoms with van der Waals surface area (Å²) in [6.07, 6.45) is 8.11. The van der Waals surface area contributed by atoms with E-state index < -0.39 is 5.97 Å². The van der Waals surface area contributed by atoms with Gasteiger partial charge in [-0.25, -0.2) is 19.6 Å². The van der Waals surface area contributed by atoms with Crippen molar-refractivity contribution in [1.82, 2.24) is 29.9 Å². The molecule has 0 amide bonds. The summed E-state index contributed by atoms with van der Waals surface area (Å²) < 4.78 is 7.89. The highest BCUT2D eigenvalue weighted by Crippen LogP contribution is 2.50. The lowest BCUT2D eigenvalue weighted by Gasteiger charge is -2.27. The Morgan fingerprint density at radius 2 is 2.08 bits per heavy atom. The fraction of sp³-hybridized carbons (Fsp3) is 0.538. The second-order valence-electron chi connectivity index (χ2n) is 9.98. The maximum absolute atomic E-state index is 11.4. The van der Waals surface area contributed by atoms with E-state index in [0.29, 0.717) is 42.5 Å². The predicted molar refractivity (Wildman–Crippen MR) is 134 cm³/mol. The van der Waals surface area contributed by atoms with Gasteiger partial charge >= 0.3 is 5.97 Å². The number of aryl methyl sites for hydroxylation is 2. The number of carbonyl (C=O) groups is 1. The van der Waals surface area contributed by atoms with Gasteiger partial charge in [0.25, 0.3) is 0 Å². The third-order valence-electron chi connectivity index (χ3n) is 7.63. The lowest BCUT2D eigenvalue weighted by atomic mass is 9.87. The second kappa shape index (κ2) is 9.83. The highest BCUT2D eigenvalue weighted by molar-refractivity contribution is 5.70. The van der Waals surface area contributed by atoms with E-state index in [4.69, 9.17) is 14.7 Å². The molecule has 190 valence electrons. The molecular weight excluding hydrogens is 458 g/mol. The molecule has 36 heavy (non-hydrogen) atoms. The van der Waals surface area contributed by atoms with Crippen molar-refractivity contribution in [2.75, 3.05) is 5.32 Å². The van der Waals surface area contributed by atoms with Crippen LogP contribution < -0.4 is 10.1 Å². The molecule has 0 aliphatic heterocycles. The molecule has 10 heteroatoms. The van der Waals surface area contributed by atoms with Gasteiger partial charge in [0.1, 0.15) is 11.4 Å². The van der Waals surface area contributed by atoms with Crippen molar-refractivity contribution in [3.63, 3.8) is 0 Å². The maximum atomic E-state index is 11.4. The number of hydrogen-bond donors (Lipinski definition) is 2. The molecule has 2 fully saturated rings. The fourth-order valence-electron chi connectivity index (χ4n) is 5.08. The minimum atomic E-state index is -0.744. The third-order valence-corrected chi connectivity index (χ3v) is 7.63. The number of nitrogens with one attached hydrogen (secondary N) is 1. The van der Waals surface area contributed by atoms with Crippen LogP contribution in [0.5, 0.6) is 5.75 Å². The van der Waals surface area contributed by atoms with Gasteiger partial charge in [-0.05, 0) is 70.1 Å². The number of carboxylic acids is 1. The van der Waals surface area contributed by atoms with Crippen LogP contribution in [-0.4, -0.2) is 47.1 Å². The first-order valence-corrected chi connectivity index (χ1v) is 12.7. The van der Waals surface area contributed by atoms with Gasteiger partial charge in [0.05, 0.1) is 41.3 Å². The van der Waals surface area contributed by atoms with E-state index in [9.17, 15) is 9.90 Å². The molecule has 2 N–H and O–H groups in total. The van der Waals surface area contributed by atoms with E-state index in [1.165, 1.54) is 12.8 Å². The van der Waals surface area contributed by atoms with Crippen molar-refractivity contribution in [2.45, 2.75) is 76.9 Å². The van der Waals surface area contributed by atoms with E-state index >= 15 is 0 Å². The molecule has 2 aliphatic rings. The zero-order valence-electron chi connectivity index (χ0n) is 21.1. The highest BCUT2D eigenvalue weighted by Gasteiger charge is 2.43. The van der Waals surface area contributed by atoms with E-state index in [-0.39, 0.29) is 17.4 Å². The summed E-state index contributed by atoms with van der Waals surface area (Å²) in [7, 11) is 1.85. The Bertz CT molecular complexity index is 1250. The van der Waals surface area contributed by atoms with Crippen LogP contribution in [0, 0.1) is 12.8 Å². The van der Waals surface area contributed by atoms with Gasteiger partial charge < -0.3 is 15.2 Å². The average molecular weight is 492 g/mol. The normalized spacial score (nSPS) is 20.6. The molecule has 2 atom stereocenters. The Morgan fingerprint density at radius 3 is 2.81 bits per heavy atom. The van der Waals surface area contributed by atoms with Crippen LogP contribution in [-0.2, 0) is 23.8 Å². The van der Waals surface area contributed by atoms with Crippen molar-refractivity contribution in [3.05, 3.63) is 41.5 Å². The number of hydrogen-bond acceptors (Lipinski definition) is 8. The molecule has 2 aliphatic carbocycles. The van der Waals surface area contributed by atoms with Gasteiger partial charge in [0.2, 0.25) is 5.95 Å². The Kier molecular flexibility index (Phi) is 6.59. The van der Waals surface area contributed by atoms with E-state index in [1.54, 1.807) is 4.68 Å². The van der Waals surface area contributed by atoms with Crippen molar-refractivity contribution in [1.29, 1.82) is 0 Å². The smallest absolute Gasteiger partial charge is 0.306 e. The number of rotatable bonds is 9. The Hall–Kier alpha value is -3.56. The molecular formula is C26H33N7O3. The zero-order chi connectivity index (χ0) is 25.3. The first-order chi connectivity index (χ1) is 17.4. The summed E-state index contributed by atoms with van der Waals surface area (Å²) in [5.41, 5.74) is 4.32. The number of aliphatic carboxylic acids is 1. The molecule has 0 spiro atoms. The summed E-state index contributed by atoms with van der Waals surface area (Å²) in [5.74, 6) is 0.187.